The van der Waals surface area contributed by atoms with Gasteiger partial charge in [0.1, 0.15) is 5.75 Å². The number of benzene rings is 2. The van der Waals surface area contributed by atoms with Crippen molar-refractivity contribution in [1.82, 2.24) is 4.72 Å². The fourth-order valence-corrected chi connectivity index (χ4v) is 3.83. The summed E-state index contributed by atoms with van der Waals surface area (Å²) in [6.07, 6.45) is 5.42. The van der Waals surface area contributed by atoms with Crippen LogP contribution in [0.25, 0.3) is 0 Å². The number of halogens is 1. The summed E-state index contributed by atoms with van der Waals surface area (Å²) in [5.74, 6) is 1.00. The third-order valence-corrected chi connectivity index (χ3v) is 5.49. The van der Waals surface area contributed by atoms with E-state index in [2.05, 4.69) is 69.2 Å². The molecule has 0 aromatic heterocycles. The molecule has 2 aromatic carbocycles. The Kier molecular flexibility index (Phi) is 6.43. The molecular weight excluding hydrogens is 370 g/mol. The summed E-state index contributed by atoms with van der Waals surface area (Å²) in [6, 6.07) is 17.0. The SMILES string of the molecule is BrCc1ccc(SNCc2cccc(OC3CCCC3)c2)cc1. The van der Waals surface area contributed by atoms with Crippen molar-refractivity contribution in [2.24, 2.45) is 0 Å². The van der Waals surface area contributed by atoms with Crippen LogP contribution < -0.4 is 9.46 Å². The van der Waals surface area contributed by atoms with E-state index in [9.17, 15) is 0 Å². The lowest BCUT2D eigenvalue weighted by Crippen LogP contribution is -2.11. The minimum Gasteiger partial charge on any atom is -0.490 e. The summed E-state index contributed by atoms with van der Waals surface area (Å²) in [5.41, 5.74) is 2.55. The standard InChI is InChI=1S/C19H22BrNOS/c20-13-15-8-10-19(11-9-15)23-21-14-16-4-3-7-18(12-16)22-17-5-1-2-6-17/h3-4,7-12,17,21H,1-2,5-6,13-14H2. The minimum atomic E-state index is 0.417. The Bertz CT molecular complexity index is 611. The predicted molar refractivity (Wildman–Crippen MR) is 101 cm³/mol. The maximum Gasteiger partial charge on any atom is 0.120 e. The highest BCUT2D eigenvalue weighted by molar-refractivity contribution is 9.08. The first-order valence-corrected chi connectivity index (χ1v) is 10.1. The molecule has 0 saturated heterocycles. The third-order valence-electron chi connectivity index (χ3n) is 4.05. The molecule has 0 radical (unpaired) electrons. The molecule has 0 spiro atoms. The molecule has 0 amide bonds. The fraction of sp³-hybridized carbons (Fsp3) is 0.368. The molecule has 23 heavy (non-hydrogen) atoms. The van der Waals surface area contributed by atoms with E-state index < -0.39 is 0 Å². The molecule has 0 bridgehead atoms. The first-order chi connectivity index (χ1) is 11.3. The second-order valence-corrected chi connectivity index (χ2v) is 7.40. The summed E-state index contributed by atoms with van der Waals surface area (Å²) in [6.45, 7) is 0.826. The van der Waals surface area contributed by atoms with Crippen molar-refractivity contribution in [1.29, 1.82) is 0 Å². The number of rotatable bonds is 7. The van der Waals surface area contributed by atoms with Crippen LogP contribution in [0.3, 0.4) is 0 Å². The minimum absolute atomic E-state index is 0.417. The molecule has 1 fully saturated rings. The van der Waals surface area contributed by atoms with Gasteiger partial charge in [0.05, 0.1) is 6.10 Å². The number of hydrogen-bond acceptors (Lipinski definition) is 3. The van der Waals surface area contributed by atoms with Gasteiger partial charge in [-0.2, -0.15) is 0 Å². The van der Waals surface area contributed by atoms with Gasteiger partial charge in [-0.25, -0.2) is 0 Å². The topological polar surface area (TPSA) is 21.3 Å². The second kappa shape index (κ2) is 8.76. The average Bonchev–Trinajstić information content (AvgIpc) is 3.09. The maximum absolute atomic E-state index is 6.07. The van der Waals surface area contributed by atoms with E-state index in [1.54, 1.807) is 11.9 Å². The van der Waals surface area contributed by atoms with Crippen LogP contribution >= 0.6 is 27.9 Å². The molecule has 0 atom stereocenters. The van der Waals surface area contributed by atoms with Gasteiger partial charge in [0.2, 0.25) is 0 Å². The van der Waals surface area contributed by atoms with Crippen molar-refractivity contribution in [3.63, 3.8) is 0 Å². The first-order valence-electron chi connectivity index (χ1n) is 8.14. The lowest BCUT2D eigenvalue weighted by atomic mass is 10.2. The van der Waals surface area contributed by atoms with Crippen LogP contribution in [0.5, 0.6) is 5.75 Å². The lowest BCUT2D eigenvalue weighted by molar-refractivity contribution is 0.210. The zero-order chi connectivity index (χ0) is 15.9. The van der Waals surface area contributed by atoms with E-state index in [0.29, 0.717) is 6.10 Å². The van der Waals surface area contributed by atoms with Crippen LogP contribution in [0.15, 0.2) is 53.4 Å². The summed E-state index contributed by atoms with van der Waals surface area (Å²) in [4.78, 5) is 1.23. The van der Waals surface area contributed by atoms with E-state index in [1.165, 1.54) is 41.7 Å². The van der Waals surface area contributed by atoms with Crippen molar-refractivity contribution in [3.05, 3.63) is 59.7 Å². The van der Waals surface area contributed by atoms with Gasteiger partial charge in [0, 0.05) is 16.8 Å². The number of nitrogens with one attached hydrogen (secondary N) is 1. The van der Waals surface area contributed by atoms with Crippen molar-refractivity contribution in [3.8, 4) is 5.75 Å². The molecule has 122 valence electrons. The normalized spacial score (nSPS) is 15.0. The van der Waals surface area contributed by atoms with Gasteiger partial charge in [-0.3, -0.25) is 4.72 Å². The average molecular weight is 392 g/mol. The van der Waals surface area contributed by atoms with E-state index >= 15 is 0 Å². The molecule has 3 rings (SSSR count). The molecule has 1 aliphatic rings. The highest BCUT2D eigenvalue weighted by Crippen LogP contribution is 2.25. The van der Waals surface area contributed by atoms with Gasteiger partial charge >= 0.3 is 0 Å². The zero-order valence-electron chi connectivity index (χ0n) is 13.1. The van der Waals surface area contributed by atoms with Gasteiger partial charge in [-0.15, -0.1) is 0 Å². The Morgan fingerprint density at radius 3 is 2.57 bits per heavy atom. The number of alkyl halides is 1. The lowest BCUT2D eigenvalue weighted by Gasteiger charge is -2.14. The van der Waals surface area contributed by atoms with Crippen LogP contribution in [0.1, 0.15) is 36.8 Å². The quantitative estimate of drug-likeness (QED) is 0.482. The number of hydrogen-bond donors (Lipinski definition) is 1. The summed E-state index contributed by atoms with van der Waals surface area (Å²) >= 11 is 5.14. The Hall–Kier alpha value is -0.970. The number of ether oxygens (including phenoxy) is 1. The molecule has 0 unspecified atom stereocenters. The van der Waals surface area contributed by atoms with Crippen LogP contribution in [-0.4, -0.2) is 6.10 Å². The van der Waals surface area contributed by atoms with Crippen LogP contribution in [0, 0.1) is 0 Å². The Balaban J connectivity index is 1.49. The smallest absolute Gasteiger partial charge is 0.120 e. The fourth-order valence-electron chi connectivity index (χ4n) is 2.78. The molecule has 0 aliphatic heterocycles. The van der Waals surface area contributed by atoms with Gasteiger partial charge in [-0.05, 0) is 73.0 Å². The molecular formula is C19H22BrNOS. The van der Waals surface area contributed by atoms with Gasteiger partial charge in [0.15, 0.2) is 0 Å². The van der Waals surface area contributed by atoms with Crippen LogP contribution in [-0.2, 0) is 11.9 Å². The van der Waals surface area contributed by atoms with E-state index in [-0.39, 0.29) is 0 Å². The van der Waals surface area contributed by atoms with Gasteiger partial charge < -0.3 is 4.74 Å². The van der Waals surface area contributed by atoms with Crippen molar-refractivity contribution >= 4 is 27.9 Å². The van der Waals surface area contributed by atoms with Gasteiger partial charge in [-0.1, -0.05) is 40.2 Å². The van der Waals surface area contributed by atoms with Crippen LogP contribution in [0.2, 0.25) is 0 Å². The first kappa shape index (κ1) is 16.9. The Morgan fingerprint density at radius 2 is 1.83 bits per heavy atom. The van der Waals surface area contributed by atoms with Crippen molar-refractivity contribution in [2.45, 2.75) is 48.6 Å². The molecule has 1 saturated carbocycles. The monoisotopic (exact) mass is 391 g/mol. The molecule has 1 aliphatic carbocycles. The molecule has 2 nitrogen and oxygen atoms in total. The van der Waals surface area contributed by atoms with E-state index in [0.717, 1.165) is 17.6 Å². The van der Waals surface area contributed by atoms with Gasteiger partial charge in [0.25, 0.3) is 0 Å². The second-order valence-electron chi connectivity index (χ2n) is 5.87. The Morgan fingerprint density at radius 1 is 1.04 bits per heavy atom. The molecule has 2 aromatic rings. The molecule has 4 heteroatoms. The largest absolute Gasteiger partial charge is 0.490 e. The predicted octanol–water partition coefficient (Wildman–Crippen LogP) is 5.70. The van der Waals surface area contributed by atoms with Crippen molar-refractivity contribution in [2.75, 3.05) is 0 Å². The van der Waals surface area contributed by atoms with E-state index in [1.807, 2.05) is 0 Å². The Labute approximate surface area is 151 Å². The maximum atomic E-state index is 6.07. The summed E-state index contributed by atoms with van der Waals surface area (Å²) in [5, 5.41) is 0.902. The zero-order valence-corrected chi connectivity index (χ0v) is 15.5. The highest BCUT2D eigenvalue weighted by Gasteiger charge is 2.16. The molecule has 0 heterocycles. The summed E-state index contributed by atoms with van der Waals surface area (Å²) in [7, 11) is 0. The highest BCUT2D eigenvalue weighted by atomic mass is 79.9. The summed E-state index contributed by atoms with van der Waals surface area (Å²) < 4.78 is 9.49. The molecule has 1 N–H and O–H groups in total. The van der Waals surface area contributed by atoms with Crippen LogP contribution in [0.4, 0.5) is 0 Å². The van der Waals surface area contributed by atoms with E-state index in [4.69, 9.17) is 4.74 Å². The van der Waals surface area contributed by atoms with Crippen molar-refractivity contribution < 1.29 is 4.74 Å². The third kappa shape index (κ3) is 5.27.